The number of hydrazone groups is 1. The zero-order valence-corrected chi connectivity index (χ0v) is 13.1. The Morgan fingerprint density at radius 1 is 1.39 bits per heavy atom. The van der Waals surface area contributed by atoms with Crippen molar-refractivity contribution < 1.29 is 19.1 Å². The van der Waals surface area contributed by atoms with Gasteiger partial charge >= 0.3 is 0 Å². The van der Waals surface area contributed by atoms with Crippen LogP contribution < -0.4 is 10.1 Å². The number of hydrogen-bond donors (Lipinski definition) is 1. The Labute approximate surface area is 133 Å². The fourth-order valence-corrected chi connectivity index (χ4v) is 2.50. The van der Waals surface area contributed by atoms with Crippen LogP contribution >= 0.6 is 0 Å². The van der Waals surface area contributed by atoms with Gasteiger partial charge in [0.15, 0.2) is 5.75 Å². The van der Waals surface area contributed by atoms with Crippen molar-refractivity contribution in [3.63, 3.8) is 0 Å². The Kier molecular flexibility index (Phi) is 4.28. The number of nitrogens with zero attached hydrogens (tertiary/aromatic N) is 4. The first-order valence-corrected chi connectivity index (χ1v) is 7.41. The normalized spacial score (nSPS) is 24.5. The molecule has 1 aromatic heterocycles. The summed E-state index contributed by atoms with van der Waals surface area (Å²) >= 11 is 0. The number of carbonyl (C=O) groups is 2. The van der Waals surface area contributed by atoms with Crippen LogP contribution in [0.1, 0.15) is 12.8 Å². The first-order chi connectivity index (χ1) is 11.0. The van der Waals surface area contributed by atoms with Crippen molar-refractivity contribution in [3.8, 4) is 5.75 Å². The lowest BCUT2D eigenvalue weighted by molar-refractivity contribution is -0.130. The van der Waals surface area contributed by atoms with Crippen molar-refractivity contribution in [1.29, 1.82) is 0 Å². The van der Waals surface area contributed by atoms with Crippen molar-refractivity contribution >= 4 is 17.5 Å². The molecule has 0 spiro atoms. The lowest BCUT2D eigenvalue weighted by atomic mass is 10.1. The fraction of sp³-hybridized carbons (Fsp3) is 0.571. The average Bonchev–Trinajstić information content (AvgIpc) is 3.12. The molecule has 3 rings (SSSR count). The lowest BCUT2D eigenvalue weighted by Crippen LogP contribution is -2.48. The van der Waals surface area contributed by atoms with Crippen LogP contribution in [0.4, 0.5) is 0 Å². The van der Waals surface area contributed by atoms with Gasteiger partial charge in [-0.3, -0.25) is 14.3 Å². The van der Waals surface area contributed by atoms with Gasteiger partial charge in [0.05, 0.1) is 31.6 Å². The van der Waals surface area contributed by atoms with E-state index >= 15 is 0 Å². The zero-order chi connectivity index (χ0) is 16.4. The summed E-state index contributed by atoms with van der Waals surface area (Å²) in [6.07, 6.45) is 3.72. The molecule has 23 heavy (non-hydrogen) atoms. The van der Waals surface area contributed by atoms with Crippen molar-refractivity contribution in [3.05, 3.63) is 12.4 Å². The second-order valence-corrected chi connectivity index (χ2v) is 5.59. The Bertz CT molecular complexity index is 641. The molecular formula is C14H19N5O4. The highest BCUT2D eigenvalue weighted by atomic mass is 16.5. The lowest BCUT2D eigenvalue weighted by Gasteiger charge is -2.22. The van der Waals surface area contributed by atoms with Crippen LogP contribution in [0.15, 0.2) is 17.5 Å². The Hall–Kier alpha value is -2.42. The van der Waals surface area contributed by atoms with Crippen LogP contribution in [0.25, 0.3) is 0 Å². The maximum absolute atomic E-state index is 12.3. The highest BCUT2D eigenvalue weighted by Gasteiger charge is 2.33. The molecule has 9 nitrogen and oxygen atoms in total. The maximum Gasteiger partial charge on any atom is 0.267 e. The number of nitrogens with one attached hydrogen (secondary N) is 1. The van der Waals surface area contributed by atoms with Gasteiger partial charge in [-0.2, -0.15) is 10.2 Å². The molecular weight excluding hydrogens is 302 g/mol. The standard InChI is InChI=1S/C14H19N5O4/c1-18-6-9(5-15-18)23-12-8-22-7-11(12)16-14(21)10-3-4-13(20)19(2)17-10/h5-6,11-12H,3-4,7-8H2,1-2H3,(H,16,21)/t11-,12+/m0/s1. The van der Waals surface area contributed by atoms with E-state index in [-0.39, 0.29) is 24.0 Å². The molecule has 0 saturated carbocycles. The minimum Gasteiger partial charge on any atom is -0.482 e. The molecule has 2 amide bonds. The maximum atomic E-state index is 12.3. The van der Waals surface area contributed by atoms with E-state index in [9.17, 15) is 9.59 Å². The molecule has 0 aliphatic carbocycles. The number of carbonyl (C=O) groups excluding carboxylic acids is 2. The molecule has 2 aliphatic heterocycles. The third-order valence-corrected chi connectivity index (χ3v) is 3.78. The summed E-state index contributed by atoms with van der Waals surface area (Å²) in [4.78, 5) is 23.7. The van der Waals surface area contributed by atoms with E-state index in [4.69, 9.17) is 9.47 Å². The van der Waals surface area contributed by atoms with Crippen molar-refractivity contribution in [2.75, 3.05) is 20.3 Å². The van der Waals surface area contributed by atoms with Gasteiger partial charge < -0.3 is 14.8 Å². The van der Waals surface area contributed by atoms with Gasteiger partial charge in [-0.05, 0) is 0 Å². The van der Waals surface area contributed by atoms with Crippen LogP contribution in [0.3, 0.4) is 0 Å². The molecule has 9 heteroatoms. The number of amides is 2. The number of aromatic nitrogens is 2. The van der Waals surface area contributed by atoms with Gasteiger partial charge in [-0.25, -0.2) is 5.01 Å². The summed E-state index contributed by atoms with van der Waals surface area (Å²) in [5.41, 5.74) is 0.346. The van der Waals surface area contributed by atoms with Crippen LogP contribution in [0, 0.1) is 0 Å². The van der Waals surface area contributed by atoms with E-state index in [1.807, 2.05) is 0 Å². The molecule has 0 aromatic carbocycles. The smallest absolute Gasteiger partial charge is 0.267 e. The van der Waals surface area contributed by atoms with Gasteiger partial charge in [0.1, 0.15) is 11.8 Å². The molecule has 0 radical (unpaired) electrons. The number of ether oxygens (including phenoxy) is 2. The minimum atomic E-state index is -0.292. The zero-order valence-electron chi connectivity index (χ0n) is 13.1. The summed E-state index contributed by atoms with van der Waals surface area (Å²) in [6.45, 7) is 0.767. The van der Waals surface area contributed by atoms with E-state index in [1.165, 1.54) is 5.01 Å². The molecule has 1 aromatic rings. The van der Waals surface area contributed by atoms with E-state index in [2.05, 4.69) is 15.5 Å². The number of aryl methyl sites for hydroxylation is 1. The van der Waals surface area contributed by atoms with E-state index in [0.29, 0.717) is 37.5 Å². The summed E-state index contributed by atoms with van der Waals surface area (Å²) in [5, 5.41) is 12.1. The summed E-state index contributed by atoms with van der Waals surface area (Å²) < 4.78 is 12.9. The van der Waals surface area contributed by atoms with Crippen molar-refractivity contribution in [1.82, 2.24) is 20.1 Å². The van der Waals surface area contributed by atoms with Gasteiger partial charge in [-0.15, -0.1) is 0 Å². The second kappa shape index (κ2) is 6.37. The third kappa shape index (κ3) is 3.50. The molecule has 124 valence electrons. The van der Waals surface area contributed by atoms with E-state index in [0.717, 1.165) is 0 Å². The predicted molar refractivity (Wildman–Crippen MR) is 79.8 cm³/mol. The van der Waals surface area contributed by atoms with Crippen molar-refractivity contribution in [2.45, 2.75) is 25.0 Å². The van der Waals surface area contributed by atoms with Gasteiger partial charge in [0.2, 0.25) is 5.91 Å². The average molecular weight is 321 g/mol. The predicted octanol–water partition coefficient (Wildman–Crippen LogP) is -0.709. The third-order valence-electron chi connectivity index (χ3n) is 3.78. The molecule has 3 heterocycles. The highest BCUT2D eigenvalue weighted by molar-refractivity contribution is 6.39. The Balaban J connectivity index is 1.61. The molecule has 0 bridgehead atoms. The van der Waals surface area contributed by atoms with Gasteiger partial charge in [-0.1, -0.05) is 0 Å². The number of hydrogen-bond acceptors (Lipinski definition) is 6. The summed E-state index contributed by atoms with van der Waals surface area (Å²) in [6, 6.07) is -0.270. The van der Waals surface area contributed by atoms with Crippen LogP contribution in [-0.4, -0.2) is 64.7 Å². The van der Waals surface area contributed by atoms with E-state index < -0.39 is 0 Å². The number of rotatable bonds is 4. The first kappa shape index (κ1) is 15.5. The van der Waals surface area contributed by atoms with Gasteiger partial charge in [0, 0.05) is 26.9 Å². The van der Waals surface area contributed by atoms with Crippen molar-refractivity contribution in [2.24, 2.45) is 12.1 Å². The molecule has 1 N–H and O–H groups in total. The summed E-state index contributed by atoms with van der Waals surface area (Å²) in [7, 11) is 3.35. The quantitative estimate of drug-likeness (QED) is 0.790. The first-order valence-electron chi connectivity index (χ1n) is 7.41. The SMILES string of the molecule is CN1N=C(C(=O)N[C@H]2COC[C@H]2Oc2cnn(C)c2)CCC1=O. The minimum absolute atomic E-state index is 0.0939. The van der Waals surface area contributed by atoms with E-state index in [1.54, 1.807) is 31.2 Å². The molecule has 1 saturated heterocycles. The van der Waals surface area contributed by atoms with Crippen LogP contribution in [0.5, 0.6) is 5.75 Å². The summed E-state index contributed by atoms with van der Waals surface area (Å²) in [5.74, 6) is 0.241. The highest BCUT2D eigenvalue weighted by Crippen LogP contribution is 2.16. The van der Waals surface area contributed by atoms with Crippen LogP contribution in [0.2, 0.25) is 0 Å². The molecule has 1 fully saturated rings. The molecule has 2 atom stereocenters. The topological polar surface area (TPSA) is 98.1 Å². The monoisotopic (exact) mass is 321 g/mol. The Morgan fingerprint density at radius 3 is 2.91 bits per heavy atom. The van der Waals surface area contributed by atoms with Crippen LogP contribution in [-0.2, 0) is 21.4 Å². The molecule has 0 unspecified atom stereocenters. The molecule has 2 aliphatic rings. The fourth-order valence-electron chi connectivity index (χ4n) is 2.50. The van der Waals surface area contributed by atoms with Gasteiger partial charge in [0.25, 0.3) is 5.91 Å². The largest absolute Gasteiger partial charge is 0.482 e. The second-order valence-electron chi connectivity index (χ2n) is 5.59. The Morgan fingerprint density at radius 2 is 2.22 bits per heavy atom.